The van der Waals surface area contributed by atoms with E-state index in [1.54, 1.807) is 0 Å². The number of hydrogen-bond acceptors (Lipinski definition) is 5. The standard InChI is InChI=1S/C35H28F9N5O3/c1-33(2,52)8-7-21-4-5-22(18-3-6-24(38)23(14-18)32(45)51)28(46-21)25(13-17-11-19(36)15-20(37)12-17)47-26(50)16-49-30-27(29(48-49)31(39)40)34(41,42)9-10-35(30,43)44/h3-6,11-12,14-15,25,31,52H,9-10,13,16H2,1-2H3,(H2,45,51)(H,47,50)/t25-/m0/s1. The maximum atomic E-state index is 15.0. The van der Waals surface area contributed by atoms with Crippen LogP contribution in [0.1, 0.15) is 83.4 Å². The highest BCUT2D eigenvalue weighted by Gasteiger charge is 2.55. The first-order valence-electron chi connectivity index (χ1n) is 15.4. The van der Waals surface area contributed by atoms with Crippen molar-refractivity contribution in [1.82, 2.24) is 20.1 Å². The Bertz CT molecular complexity index is 2100. The fourth-order valence-electron chi connectivity index (χ4n) is 5.75. The molecule has 1 aliphatic carbocycles. The van der Waals surface area contributed by atoms with Gasteiger partial charge in [0.25, 0.3) is 24.2 Å². The number of halogens is 9. The summed E-state index contributed by atoms with van der Waals surface area (Å²) in [5.41, 5.74) is -1.72. The van der Waals surface area contributed by atoms with E-state index >= 15 is 8.78 Å². The molecule has 1 atom stereocenters. The predicted octanol–water partition coefficient (Wildman–Crippen LogP) is 6.60. The molecular formula is C35H28F9N5O3. The minimum Gasteiger partial charge on any atom is -0.378 e. The number of pyridine rings is 1. The Hall–Kier alpha value is -5.37. The van der Waals surface area contributed by atoms with E-state index in [0.717, 1.165) is 24.3 Å². The summed E-state index contributed by atoms with van der Waals surface area (Å²) < 4.78 is 130. The molecule has 0 radical (unpaired) electrons. The molecule has 2 aromatic carbocycles. The summed E-state index contributed by atoms with van der Waals surface area (Å²) in [6.45, 7) is 1.45. The van der Waals surface area contributed by atoms with Gasteiger partial charge in [0, 0.05) is 24.5 Å². The molecule has 0 unspecified atom stereocenters. The molecule has 1 aliphatic rings. The number of nitrogens with two attached hydrogens (primary N) is 1. The van der Waals surface area contributed by atoms with Gasteiger partial charge in [-0.2, -0.15) is 13.9 Å². The molecule has 5 rings (SSSR count). The van der Waals surface area contributed by atoms with Crippen molar-refractivity contribution in [1.29, 1.82) is 0 Å². The van der Waals surface area contributed by atoms with Crippen LogP contribution in [0.5, 0.6) is 0 Å². The topological polar surface area (TPSA) is 123 Å². The molecule has 0 saturated carbocycles. The third kappa shape index (κ3) is 8.23. The summed E-state index contributed by atoms with van der Waals surface area (Å²) in [4.78, 5) is 30.0. The largest absolute Gasteiger partial charge is 0.378 e. The van der Waals surface area contributed by atoms with Crippen molar-refractivity contribution < 1.29 is 54.2 Å². The molecule has 0 spiro atoms. The van der Waals surface area contributed by atoms with Crippen LogP contribution in [0.2, 0.25) is 0 Å². The molecule has 2 amide bonds. The number of alkyl halides is 6. The summed E-state index contributed by atoms with van der Waals surface area (Å²) in [6, 6.07) is 6.81. The third-order valence-electron chi connectivity index (χ3n) is 7.94. The molecule has 4 N–H and O–H groups in total. The number of nitrogens with one attached hydrogen (secondary N) is 1. The molecule has 2 heterocycles. The highest BCUT2D eigenvalue weighted by atomic mass is 19.3. The maximum Gasteiger partial charge on any atom is 0.290 e. The second-order valence-corrected chi connectivity index (χ2v) is 12.6. The van der Waals surface area contributed by atoms with Crippen LogP contribution in [0, 0.1) is 29.3 Å². The maximum absolute atomic E-state index is 15.0. The normalized spacial score (nSPS) is 15.4. The number of rotatable bonds is 9. The van der Waals surface area contributed by atoms with Crippen LogP contribution in [0.3, 0.4) is 0 Å². The molecule has 0 bridgehead atoms. The van der Waals surface area contributed by atoms with Crippen molar-refractivity contribution in [2.75, 3.05) is 0 Å². The molecule has 8 nitrogen and oxygen atoms in total. The van der Waals surface area contributed by atoms with Crippen LogP contribution in [0.4, 0.5) is 39.5 Å². The number of hydrogen-bond donors (Lipinski definition) is 3. The first-order valence-corrected chi connectivity index (χ1v) is 15.4. The predicted molar refractivity (Wildman–Crippen MR) is 166 cm³/mol. The Morgan fingerprint density at radius 2 is 1.63 bits per heavy atom. The Labute approximate surface area is 289 Å². The Morgan fingerprint density at radius 1 is 0.981 bits per heavy atom. The van der Waals surface area contributed by atoms with Gasteiger partial charge in [0.1, 0.15) is 46.7 Å². The molecule has 2 aromatic heterocycles. The average molecular weight is 738 g/mol. The van der Waals surface area contributed by atoms with Gasteiger partial charge in [-0.25, -0.2) is 35.7 Å². The van der Waals surface area contributed by atoms with Gasteiger partial charge in [0.2, 0.25) is 5.91 Å². The van der Waals surface area contributed by atoms with Crippen molar-refractivity contribution in [3.8, 4) is 23.0 Å². The summed E-state index contributed by atoms with van der Waals surface area (Å²) >= 11 is 0. The van der Waals surface area contributed by atoms with Crippen LogP contribution in [0.15, 0.2) is 48.5 Å². The van der Waals surface area contributed by atoms with Crippen molar-refractivity contribution in [2.24, 2.45) is 5.73 Å². The lowest BCUT2D eigenvalue weighted by atomic mass is 9.89. The summed E-state index contributed by atoms with van der Waals surface area (Å²) in [5, 5.41) is 15.8. The first kappa shape index (κ1) is 37.9. The molecular weight excluding hydrogens is 709 g/mol. The monoisotopic (exact) mass is 737 g/mol. The van der Waals surface area contributed by atoms with Crippen molar-refractivity contribution >= 4 is 11.8 Å². The molecule has 0 fully saturated rings. The van der Waals surface area contributed by atoms with Gasteiger partial charge in [0.15, 0.2) is 0 Å². The zero-order valence-electron chi connectivity index (χ0n) is 27.2. The zero-order chi connectivity index (χ0) is 38.3. The second kappa shape index (κ2) is 14.0. The number of aromatic nitrogens is 3. The van der Waals surface area contributed by atoms with Gasteiger partial charge in [-0.1, -0.05) is 12.0 Å². The van der Waals surface area contributed by atoms with E-state index < -0.39 is 108 Å². The van der Waals surface area contributed by atoms with E-state index in [1.165, 1.54) is 32.0 Å². The van der Waals surface area contributed by atoms with E-state index in [0.29, 0.717) is 6.07 Å². The van der Waals surface area contributed by atoms with Crippen molar-refractivity contribution in [3.63, 3.8) is 0 Å². The lowest BCUT2D eigenvalue weighted by Crippen LogP contribution is -2.37. The number of benzene rings is 2. The van der Waals surface area contributed by atoms with E-state index in [1.807, 2.05) is 0 Å². The van der Waals surface area contributed by atoms with Crippen LogP contribution in [-0.4, -0.2) is 37.3 Å². The Morgan fingerprint density at radius 3 is 2.25 bits per heavy atom. The van der Waals surface area contributed by atoms with E-state index in [-0.39, 0.29) is 32.8 Å². The fraction of sp³-hybridized carbons (Fsp3) is 0.314. The Kier molecular flexibility index (Phi) is 10.2. The van der Waals surface area contributed by atoms with Crippen LogP contribution < -0.4 is 11.1 Å². The third-order valence-corrected chi connectivity index (χ3v) is 7.94. The SMILES string of the molecule is CC(C)(O)C#Cc1ccc(-c2ccc(F)c(C(N)=O)c2)c([C@H](Cc2cc(F)cc(F)c2)NC(=O)Cn2nc(C(F)F)c3c2C(F)(F)CCC3(F)F)n1. The van der Waals surface area contributed by atoms with Crippen molar-refractivity contribution in [3.05, 3.63) is 105 Å². The van der Waals surface area contributed by atoms with Gasteiger partial charge in [-0.05, 0) is 73.7 Å². The number of nitrogens with zero attached hydrogens (tertiary/aromatic N) is 3. The van der Waals surface area contributed by atoms with Gasteiger partial charge < -0.3 is 16.2 Å². The number of primary amides is 1. The lowest BCUT2D eigenvalue weighted by molar-refractivity contribution is -0.123. The van der Waals surface area contributed by atoms with E-state index in [9.17, 15) is 45.4 Å². The zero-order valence-corrected chi connectivity index (χ0v) is 27.2. The van der Waals surface area contributed by atoms with Gasteiger partial charge >= 0.3 is 0 Å². The van der Waals surface area contributed by atoms with Crippen LogP contribution in [-0.2, 0) is 29.6 Å². The number of amides is 2. The number of fused-ring (bicyclic) bond motifs is 1. The van der Waals surface area contributed by atoms with Crippen LogP contribution >= 0.6 is 0 Å². The lowest BCUT2D eigenvalue weighted by Gasteiger charge is -2.29. The molecule has 274 valence electrons. The minimum absolute atomic E-state index is 0.0348. The average Bonchev–Trinajstić information content (AvgIpc) is 3.43. The minimum atomic E-state index is -4.11. The van der Waals surface area contributed by atoms with E-state index in [2.05, 4.69) is 27.2 Å². The molecule has 4 aromatic rings. The molecule has 17 heteroatoms. The van der Waals surface area contributed by atoms with E-state index in [4.69, 9.17) is 5.73 Å². The molecule has 0 aliphatic heterocycles. The summed E-state index contributed by atoms with van der Waals surface area (Å²) in [6.07, 6.45) is -7.05. The highest BCUT2D eigenvalue weighted by molar-refractivity contribution is 5.94. The number of aliphatic hydroxyl groups is 1. The molecule has 0 saturated heterocycles. The van der Waals surface area contributed by atoms with Gasteiger partial charge in [-0.15, -0.1) is 0 Å². The van der Waals surface area contributed by atoms with Crippen LogP contribution in [0.25, 0.3) is 11.1 Å². The molecule has 52 heavy (non-hydrogen) atoms. The van der Waals surface area contributed by atoms with Crippen molar-refractivity contribution in [2.45, 2.75) is 69.6 Å². The van der Waals surface area contributed by atoms with Gasteiger partial charge in [0.05, 0.1) is 22.9 Å². The quantitative estimate of drug-likeness (QED) is 0.132. The number of carbonyl (C=O) groups excluding carboxylic acids is 2. The fourth-order valence-corrected chi connectivity index (χ4v) is 5.75. The summed E-state index contributed by atoms with van der Waals surface area (Å²) in [7, 11) is 0. The summed E-state index contributed by atoms with van der Waals surface area (Å²) in [5.74, 6) is -8.45. The first-order chi connectivity index (χ1) is 24.1. The number of carbonyl (C=O) groups is 2. The van der Waals surface area contributed by atoms with Gasteiger partial charge in [-0.3, -0.25) is 14.3 Å². The highest BCUT2D eigenvalue weighted by Crippen LogP contribution is 2.52. The second-order valence-electron chi connectivity index (χ2n) is 12.6. The Balaban J connectivity index is 1.66. The smallest absolute Gasteiger partial charge is 0.290 e.